The van der Waals surface area contributed by atoms with Crippen LogP contribution in [0.5, 0.6) is 0 Å². The molecular weight excluding hydrogens is 402 g/mol. The smallest absolute Gasteiger partial charge is 0.312 e. The molecule has 0 bridgehead atoms. The molecule has 0 aliphatic rings. The molecule has 0 radical (unpaired) electrons. The van der Waals surface area contributed by atoms with Gasteiger partial charge in [0.25, 0.3) is 11.4 Å². The summed E-state index contributed by atoms with van der Waals surface area (Å²) in [4.78, 5) is 38.1. The van der Waals surface area contributed by atoms with Crippen LogP contribution in [0.25, 0.3) is 6.08 Å². The number of nitrogens with zero attached hydrogens (tertiary/aromatic N) is 3. The SMILES string of the molecule is O=C(ON=C(/C=C/c1ccccc1[N+](=O)[O-])c1ccccc1)c1ccc([N+](=O)[O-])cc1. The second-order valence-electron chi connectivity index (χ2n) is 6.17. The molecule has 9 nitrogen and oxygen atoms in total. The molecule has 31 heavy (non-hydrogen) atoms. The van der Waals surface area contributed by atoms with Gasteiger partial charge in [-0.15, -0.1) is 0 Å². The highest BCUT2D eigenvalue weighted by Gasteiger charge is 2.13. The highest BCUT2D eigenvalue weighted by atomic mass is 16.7. The van der Waals surface area contributed by atoms with E-state index in [-0.39, 0.29) is 22.6 Å². The number of hydrogen-bond donors (Lipinski definition) is 0. The van der Waals surface area contributed by atoms with E-state index < -0.39 is 15.8 Å². The largest absolute Gasteiger partial charge is 0.365 e. The summed E-state index contributed by atoms with van der Waals surface area (Å²) < 4.78 is 0. The summed E-state index contributed by atoms with van der Waals surface area (Å²) in [6.07, 6.45) is 3.00. The molecule has 3 aromatic carbocycles. The quantitative estimate of drug-likeness (QED) is 0.236. The summed E-state index contributed by atoms with van der Waals surface area (Å²) in [7, 11) is 0. The Kier molecular flexibility index (Phi) is 6.59. The van der Waals surface area contributed by atoms with Gasteiger partial charge >= 0.3 is 5.97 Å². The fourth-order valence-electron chi connectivity index (χ4n) is 2.61. The van der Waals surface area contributed by atoms with Crippen LogP contribution in [0.3, 0.4) is 0 Å². The zero-order valence-electron chi connectivity index (χ0n) is 16.0. The number of benzene rings is 3. The monoisotopic (exact) mass is 417 g/mol. The number of carbonyl (C=O) groups is 1. The molecule has 0 saturated heterocycles. The second-order valence-corrected chi connectivity index (χ2v) is 6.17. The fourth-order valence-corrected chi connectivity index (χ4v) is 2.61. The molecular formula is C22H15N3O6. The Morgan fingerprint density at radius 2 is 1.45 bits per heavy atom. The molecule has 0 unspecified atom stereocenters. The van der Waals surface area contributed by atoms with Gasteiger partial charge in [0.15, 0.2) is 0 Å². The first kappa shape index (κ1) is 21.1. The number of nitro benzene ring substituents is 2. The van der Waals surface area contributed by atoms with Crippen LogP contribution in [0, 0.1) is 20.2 Å². The third-order valence-corrected chi connectivity index (χ3v) is 4.16. The highest BCUT2D eigenvalue weighted by molar-refractivity contribution is 6.11. The van der Waals surface area contributed by atoms with Gasteiger partial charge in [0.2, 0.25) is 0 Å². The van der Waals surface area contributed by atoms with Gasteiger partial charge in [-0.25, -0.2) is 4.79 Å². The lowest BCUT2D eigenvalue weighted by Gasteiger charge is -2.03. The number of nitro groups is 2. The third kappa shape index (κ3) is 5.45. The van der Waals surface area contributed by atoms with E-state index in [1.807, 2.05) is 0 Å². The number of oxime groups is 1. The normalized spacial score (nSPS) is 11.3. The Bertz CT molecular complexity index is 1170. The van der Waals surface area contributed by atoms with E-state index >= 15 is 0 Å². The lowest BCUT2D eigenvalue weighted by Crippen LogP contribution is -2.05. The van der Waals surface area contributed by atoms with E-state index in [0.29, 0.717) is 11.1 Å². The predicted molar refractivity (Wildman–Crippen MR) is 114 cm³/mol. The first-order chi connectivity index (χ1) is 15.0. The van der Waals surface area contributed by atoms with Crippen molar-refractivity contribution in [3.63, 3.8) is 0 Å². The molecule has 154 valence electrons. The average molecular weight is 417 g/mol. The van der Waals surface area contributed by atoms with Crippen molar-refractivity contribution in [1.82, 2.24) is 0 Å². The average Bonchev–Trinajstić information content (AvgIpc) is 2.79. The van der Waals surface area contributed by atoms with Crippen molar-refractivity contribution in [2.75, 3.05) is 0 Å². The molecule has 9 heteroatoms. The maximum Gasteiger partial charge on any atom is 0.365 e. The van der Waals surface area contributed by atoms with Crippen LogP contribution in [-0.2, 0) is 4.84 Å². The molecule has 3 aromatic rings. The second kappa shape index (κ2) is 9.70. The van der Waals surface area contributed by atoms with E-state index in [1.165, 1.54) is 42.5 Å². The lowest BCUT2D eigenvalue weighted by molar-refractivity contribution is -0.385. The molecule has 0 aromatic heterocycles. The molecule has 0 aliphatic heterocycles. The molecule has 0 amide bonds. The maximum absolute atomic E-state index is 12.3. The van der Waals surface area contributed by atoms with Crippen molar-refractivity contribution >= 4 is 29.1 Å². The van der Waals surface area contributed by atoms with E-state index in [0.717, 1.165) is 0 Å². The highest BCUT2D eigenvalue weighted by Crippen LogP contribution is 2.20. The van der Waals surface area contributed by atoms with Gasteiger partial charge in [-0.2, -0.15) is 0 Å². The predicted octanol–water partition coefficient (Wildman–Crippen LogP) is 4.78. The van der Waals surface area contributed by atoms with Gasteiger partial charge in [-0.3, -0.25) is 20.2 Å². The Morgan fingerprint density at radius 3 is 2.10 bits per heavy atom. The van der Waals surface area contributed by atoms with Gasteiger partial charge in [0, 0.05) is 23.8 Å². The molecule has 0 fully saturated rings. The minimum Gasteiger partial charge on any atom is -0.312 e. The van der Waals surface area contributed by atoms with Crippen LogP contribution in [0.4, 0.5) is 11.4 Å². The van der Waals surface area contributed by atoms with E-state index in [1.54, 1.807) is 48.5 Å². The number of allylic oxidation sites excluding steroid dienone is 1. The summed E-state index contributed by atoms with van der Waals surface area (Å²) in [5.41, 5.74) is 1.09. The number of rotatable bonds is 7. The van der Waals surface area contributed by atoms with Crippen molar-refractivity contribution in [2.24, 2.45) is 5.16 Å². The first-order valence-electron chi connectivity index (χ1n) is 8.96. The van der Waals surface area contributed by atoms with Gasteiger partial charge < -0.3 is 4.84 Å². The van der Waals surface area contributed by atoms with Gasteiger partial charge in [0.1, 0.15) is 5.71 Å². The molecule has 0 N–H and O–H groups in total. The first-order valence-corrected chi connectivity index (χ1v) is 8.96. The molecule has 0 saturated carbocycles. The Morgan fingerprint density at radius 1 is 0.806 bits per heavy atom. The minimum absolute atomic E-state index is 0.0750. The van der Waals surface area contributed by atoms with Crippen molar-refractivity contribution in [1.29, 1.82) is 0 Å². The third-order valence-electron chi connectivity index (χ3n) is 4.16. The van der Waals surface area contributed by atoms with Gasteiger partial charge in [-0.05, 0) is 30.4 Å². The van der Waals surface area contributed by atoms with Gasteiger partial charge in [0.05, 0.1) is 21.0 Å². The molecule has 0 heterocycles. The van der Waals surface area contributed by atoms with Crippen molar-refractivity contribution in [2.45, 2.75) is 0 Å². The summed E-state index contributed by atoms with van der Waals surface area (Å²) >= 11 is 0. The van der Waals surface area contributed by atoms with Crippen molar-refractivity contribution in [3.05, 3.63) is 122 Å². The van der Waals surface area contributed by atoms with Crippen LogP contribution in [-0.4, -0.2) is 21.5 Å². The molecule has 0 atom stereocenters. The topological polar surface area (TPSA) is 125 Å². The molecule has 0 aliphatic carbocycles. The zero-order chi connectivity index (χ0) is 22.2. The Hall–Kier alpha value is -4.66. The minimum atomic E-state index is -0.803. The summed E-state index contributed by atoms with van der Waals surface area (Å²) in [6, 6.07) is 19.9. The van der Waals surface area contributed by atoms with Gasteiger partial charge in [-0.1, -0.05) is 47.6 Å². The lowest BCUT2D eigenvalue weighted by atomic mass is 10.1. The number of para-hydroxylation sites is 1. The van der Waals surface area contributed by atoms with Crippen molar-refractivity contribution in [3.8, 4) is 0 Å². The van der Waals surface area contributed by atoms with Crippen LogP contribution in [0.2, 0.25) is 0 Å². The maximum atomic E-state index is 12.3. The van der Waals surface area contributed by atoms with E-state index in [9.17, 15) is 25.0 Å². The number of non-ortho nitro benzene ring substituents is 1. The number of carbonyl (C=O) groups excluding carboxylic acids is 1. The fraction of sp³-hybridized carbons (Fsp3) is 0. The van der Waals surface area contributed by atoms with Crippen molar-refractivity contribution < 1.29 is 19.5 Å². The van der Waals surface area contributed by atoms with Crippen LogP contribution in [0.1, 0.15) is 21.5 Å². The van der Waals surface area contributed by atoms with E-state index in [4.69, 9.17) is 4.84 Å². The Balaban J connectivity index is 1.88. The van der Waals surface area contributed by atoms with Crippen LogP contribution >= 0.6 is 0 Å². The standard InChI is InChI=1S/C22H15N3O6/c26-22(18-10-13-19(14-11-18)24(27)28)31-23-20(16-6-2-1-3-7-16)15-12-17-8-4-5-9-21(17)25(29)30/h1-15H/b15-12+,23-20?. The van der Waals surface area contributed by atoms with Crippen LogP contribution < -0.4 is 0 Å². The Labute approximate surface area is 176 Å². The molecule has 0 spiro atoms. The van der Waals surface area contributed by atoms with Crippen LogP contribution in [0.15, 0.2) is 90.1 Å². The summed E-state index contributed by atoms with van der Waals surface area (Å²) in [6.45, 7) is 0. The van der Waals surface area contributed by atoms with E-state index in [2.05, 4.69) is 5.16 Å². The summed E-state index contributed by atoms with van der Waals surface area (Å²) in [5, 5.41) is 25.8. The summed E-state index contributed by atoms with van der Waals surface area (Å²) in [5.74, 6) is -0.803. The zero-order valence-corrected chi connectivity index (χ0v) is 16.0. The number of hydrogen-bond acceptors (Lipinski definition) is 7. The molecule has 3 rings (SSSR count).